The van der Waals surface area contributed by atoms with Gasteiger partial charge in [0.1, 0.15) is 5.82 Å². The molecule has 4 N–H and O–H groups in total. The van der Waals surface area contributed by atoms with Crippen LogP contribution in [0.1, 0.15) is 12.8 Å². The van der Waals surface area contributed by atoms with Crippen molar-refractivity contribution in [3.8, 4) is 0 Å². The molecule has 1 fully saturated rings. The Balaban J connectivity index is 2.34. The molecule has 1 aromatic heterocycles. The minimum absolute atomic E-state index is 0.0581. The lowest BCUT2D eigenvalue weighted by Gasteiger charge is -2.24. The summed E-state index contributed by atoms with van der Waals surface area (Å²) in [5.74, 6) is 6.32. The maximum absolute atomic E-state index is 9.07. The first-order valence-electron chi connectivity index (χ1n) is 5.37. The molecule has 0 aromatic carbocycles. The highest BCUT2D eigenvalue weighted by atomic mass is 35.5. The van der Waals surface area contributed by atoms with Gasteiger partial charge in [-0.3, -0.25) is 0 Å². The number of pyridine rings is 1. The van der Waals surface area contributed by atoms with Crippen molar-refractivity contribution in [1.29, 1.82) is 0 Å². The van der Waals surface area contributed by atoms with Crippen molar-refractivity contribution in [1.82, 2.24) is 4.98 Å². The van der Waals surface area contributed by atoms with Crippen molar-refractivity contribution < 1.29 is 5.11 Å². The highest BCUT2D eigenvalue weighted by Crippen LogP contribution is 2.36. The van der Waals surface area contributed by atoms with E-state index >= 15 is 0 Å². The Morgan fingerprint density at radius 3 is 2.71 bits per heavy atom. The monoisotopic (exact) mass is 276 g/mol. The third-order valence-electron chi connectivity index (χ3n) is 2.65. The van der Waals surface area contributed by atoms with Crippen LogP contribution in [0.5, 0.6) is 0 Å². The molecule has 5 nitrogen and oxygen atoms in total. The summed E-state index contributed by atoms with van der Waals surface area (Å²) < 4.78 is 0. The minimum Gasteiger partial charge on any atom is -0.395 e. The molecule has 2 rings (SSSR count). The average molecular weight is 277 g/mol. The highest BCUT2D eigenvalue weighted by Gasteiger charge is 2.31. The molecule has 1 saturated carbocycles. The van der Waals surface area contributed by atoms with Gasteiger partial charge in [0, 0.05) is 12.6 Å². The van der Waals surface area contributed by atoms with Crippen molar-refractivity contribution in [3.05, 3.63) is 16.1 Å². The summed E-state index contributed by atoms with van der Waals surface area (Å²) in [6.07, 6.45) is 2.18. The zero-order valence-electron chi connectivity index (χ0n) is 9.16. The zero-order valence-corrected chi connectivity index (χ0v) is 10.7. The van der Waals surface area contributed by atoms with E-state index in [-0.39, 0.29) is 6.61 Å². The van der Waals surface area contributed by atoms with Crippen LogP contribution in [0.15, 0.2) is 6.07 Å². The number of hydrazine groups is 1. The molecule has 1 aliphatic carbocycles. The first-order chi connectivity index (χ1) is 8.17. The van der Waals surface area contributed by atoms with Crippen molar-refractivity contribution in [2.45, 2.75) is 18.9 Å². The number of aliphatic hydroxyl groups excluding tert-OH is 1. The van der Waals surface area contributed by atoms with Crippen LogP contribution in [0.2, 0.25) is 10.0 Å². The van der Waals surface area contributed by atoms with Crippen molar-refractivity contribution in [2.75, 3.05) is 23.5 Å². The quantitative estimate of drug-likeness (QED) is 0.563. The van der Waals surface area contributed by atoms with Crippen molar-refractivity contribution in [3.63, 3.8) is 0 Å². The van der Waals surface area contributed by atoms with Gasteiger partial charge in [0.05, 0.1) is 16.7 Å². The molecule has 0 radical (unpaired) electrons. The number of rotatable bonds is 5. The number of nitrogens with one attached hydrogen (secondary N) is 1. The van der Waals surface area contributed by atoms with Crippen LogP contribution >= 0.6 is 23.2 Å². The second-order valence-corrected chi connectivity index (χ2v) is 4.73. The number of halogens is 2. The third kappa shape index (κ3) is 2.74. The minimum atomic E-state index is 0.0581. The molecule has 1 aliphatic rings. The number of nitrogens with zero attached hydrogens (tertiary/aromatic N) is 2. The fourth-order valence-corrected chi connectivity index (χ4v) is 2.24. The largest absolute Gasteiger partial charge is 0.395 e. The lowest BCUT2D eigenvalue weighted by Crippen LogP contribution is -2.30. The molecule has 0 aliphatic heterocycles. The summed E-state index contributed by atoms with van der Waals surface area (Å²) in [5, 5.41) is 9.91. The first-order valence-corrected chi connectivity index (χ1v) is 6.13. The van der Waals surface area contributed by atoms with Gasteiger partial charge in [-0.05, 0) is 18.9 Å². The fourth-order valence-electron chi connectivity index (χ4n) is 1.71. The standard InChI is InChI=1S/C10H14Cl2N4O/c11-7-5-8(12)10(14-9(7)15-13)16(3-4-17)6-1-2-6/h5-6,17H,1-4,13H2,(H,14,15). The van der Waals surface area contributed by atoms with Gasteiger partial charge in [-0.1, -0.05) is 23.2 Å². The number of hydrogen-bond acceptors (Lipinski definition) is 5. The maximum atomic E-state index is 9.07. The topological polar surface area (TPSA) is 74.4 Å². The Hall–Kier alpha value is -0.750. The van der Waals surface area contributed by atoms with Gasteiger partial charge in [0.15, 0.2) is 5.82 Å². The molecular weight excluding hydrogens is 263 g/mol. The van der Waals surface area contributed by atoms with Gasteiger partial charge in [-0.25, -0.2) is 10.8 Å². The molecule has 0 unspecified atom stereocenters. The van der Waals surface area contributed by atoms with Gasteiger partial charge < -0.3 is 15.4 Å². The molecule has 94 valence electrons. The van der Waals surface area contributed by atoms with Gasteiger partial charge in [-0.15, -0.1) is 0 Å². The summed E-state index contributed by atoms with van der Waals surface area (Å²) in [6.45, 7) is 0.561. The molecule has 0 saturated heterocycles. The zero-order chi connectivity index (χ0) is 12.4. The predicted molar refractivity (Wildman–Crippen MR) is 69.5 cm³/mol. The number of hydrogen-bond donors (Lipinski definition) is 3. The van der Waals surface area contributed by atoms with Crippen molar-refractivity contribution in [2.24, 2.45) is 5.84 Å². The Bertz CT molecular complexity index is 412. The van der Waals surface area contributed by atoms with Gasteiger partial charge in [-0.2, -0.15) is 0 Å². The van der Waals surface area contributed by atoms with Gasteiger partial charge in [0.2, 0.25) is 0 Å². The van der Waals surface area contributed by atoms with Crippen LogP contribution in [0.3, 0.4) is 0 Å². The first kappa shape index (κ1) is 12.7. The van der Waals surface area contributed by atoms with E-state index in [1.165, 1.54) is 0 Å². The lowest BCUT2D eigenvalue weighted by atomic mass is 10.3. The van der Waals surface area contributed by atoms with Crippen LogP contribution in [-0.4, -0.2) is 29.3 Å². The summed E-state index contributed by atoms with van der Waals surface area (Å²) in [5.41, 5.74) is 2.43. The van der Waals surface area contributed by atoms with Crippen LogP contribution in [0.25, 0.3) is 0 Å². The molecule has 0 spiro atoms. The van der Waals surface area contributed by atoms with E-state index in [2.05, 4.69) is 10.4 Å². The SMILES string of the molecule is NNc1nc(N(CCO)C2CC2)c(Cl)cc1Cl. The average Bonchev–Trinajstić information content (AvgIpc) is 3.11. The smallest absolute Gasteiger partial charge is 0.161 e. The molecule has 17 heavy (non-hydrogen) atoms. The Kier molecular flexibility index (Phi) is 3.93. The second kappa shape index (κ2) is 5.27. The van der Waals surface area contributed by atoms with E-state index in [4.69, 9.17) is 34.2 Å². The highest BCUT2D eigenvalue weighted by molar-refractivity contribution is 6.37. The maximum Gasteiger partial charge on any atom is 0.161 e. The fraction of sp³-hybridized carbons (Fsp3) is 0.500. The van der Waals surface area contributed by atoms with Crippen LogP contribution in [0, 0.1) is 0 Å². The summed E-state index contributed by atoms with van der Waals surface area (Å²) in [7, 11) is 0. The molecule has 0 amide bonds. The number of nitrogen functional groups attached to an aromatic ring is 1. The lowest BCUT2D eigenvalue weighted by molar-refractivity contribution is 0.301. The number of aliphatic hydroxyl groups is 1. The van der Waals surface area contributed by atoms with E-state index in [9.17, 15) is 0 Å². The van der Waals surface area contributed by atoms with Crippen molar-refractivity contribution >= 4 is 34.8 Å². The number of nitrogens with two attached hydrogens (primary N) is 1. The Morgan fingerprint density at radius 1 is 1.47 bits per heavy atom. The van der Waals surface area contributed by atoms with E-state index < -0.39 is 0 Å². The van der Waals surface area contributed by atoms with E-state index in [1.54, 1.807) is 6.07 Å². The van der Waals surface area contributed by atoms with E-state index in [0.717, 1.165) is 12.8 Å². The Morgan fingerprint density at radius 2 is 2.18 bits per heavy atom. The van der Waals surface area contributed by atoms with Gasteiger partial charge in [0.25, 0.3) is 0 Å². The molecule has 0 bridgehead atoms. The van der Waals surface area contributed by atoms with E-state index in [0.29, 0.717) is 34.3 Å². The third-order valence-corrected chi connectivity index (χ3v) is 3.21. The molecule has 1 aromatic rings. The summed E-state index contributed by atoms with van der Waals surface area (Å²) >= 11 is 12.0. The molecular formula is C10H14Cl2N4O. The Labute approximate surface area is 109 Å². The van der Waals surface area contributed by atoms with Gasteiger partial charge >= 0.3 is 0 Å². The second-order valence-electron chi connectivity index (χ2n) is 3.92. The van der Waals surface area contributed by atoms with E-state index in [1.807, 2.05) is 4.90 Å². The van der Waals surface area contributed by atoms with Crippen LogP contribution in [0.4, 0.5) is 11.6 Å². The summed E-state index contributed by atoms with van der Waals surface area (Å²) in [6, 6.07) is 2.01. The number of anilines is 2. The molecule has 0 atom stereocenters. The van der Waals surface area contributed by atoms with Crippen LogP contribution < -0.4 is 16.2 Å². The normalized spacial score (nSPS) is 14.8. The number of aromatic nitrogens is 1. The molecule has 1 heterocycles. The summed E-state index contributed by atoms with van der Waals surface area (Å²) in [4.78, 5) is 6.27. The van der Waals surface area contributed by atoms with Crippen LogP contribution in [-0.2, 0) is 0 Å². The predicted octanol–water partition coefficient (Wildman–Crippen LogP) is 1.64. The molecule has 7 heteroatoms.